The molecule has 2 aliphatic carbocycles. The first-order chi connectivity index (χ1) is 16.1. The van der Waals surface area contributed by atoms with Crippen LogP contribution in [0.4, 0.5) is 11.4 Å². The van der Waals surface area contributed by atoms with Crippen LogP contribution in [-0.2, 0) is 4.79 Å². The fraction of sp³-hybridized carbons (Fsp3) is 0.400. The number of hydrogen-bond donors (Lipinski definition) is 3. The minimum Gasteiger partial charge on any atom is -0.379 e. The van der Waals surface area contributed by atoms with E-state index in [0.717, 1.165) is 55.2 Å². The summed E-state index contributed by atoms with van der Waals surface area (Å²) in [5.74, 6) is 0.919. The number of benzene rings is 1. The molecule has 1 aliphatic heterocycles. The van der Waals surface area contributed by atoms with Crippen molar-refractivity contribution in [1.29, 1.82) is 0 Å². The molecular formula is C25H29N7O. The normalized spacial score (nSPS) is 26.9. The van der Waals surface area contributed by atoms with E-state index in [9.17, 15) is 4.79 Å². The predicted molar refractivity (Wildman–Crippen MR) is 130 cm³/mol. The fourth-order valence-corrected chi connectivity index (χ4v) is 5.65. The summed E-state index contributed by atoms with van der Waals surface area (Å²) in [6, 6.07) is 10.5. The maximum absolute atomic E-state index is 12.1. The number of anilines is 2. The van der Waals surface area contributed by atoms with Crippen molar-refractivity contribution >= 4 is 28.4 Å². The molecule has 8 heteroatoms. The van der Waals surface area contributed by atoms with Gasteiger partial charge in [0.05, 0.1) is 11.6 Å². The zero-order valence-corrected chi connectivity index (χ0v) is 18.7. The highest BCUT2D eigenvalue weighted by atomic mass is 16.1. The Morgan fingerprint density at radius 2 is 1.85 bits per heavy atom. The average Bonchev–Trinajstić information content (AvgIpc) is 3.55. The third-order valence-corrected chi connectivity index (χ3v) is 7.51. The maximum Gasteiger partial charge on any atom is 0.223 e. The van der Waals surface area contributed by atoms with Gasteiger partial charge in [-0.25, -0.2) is 9.97 Å². The van der Waals surface area contributed by atoms with Crippen molar-refractivity contribution < 1.29 is 4.79 Å². The van der Waals surface area contributed by atoms with Crippen molar-refractivity contribution in [3.63, 3.8) is 0 Å². The summed E-state index contributed by atoms with van der Waals surface area (Å²) in [6.45, 7) is 4.26. The van der Waals surface area contributed by atoms with Crippen LogP contribution in [0.25, 0.3) is 22.6 Å². The summed E-state index contributed by atoms with van der Waals surface area (Å²) in [5, 5.41) is 3.59. The molecule has 0 spiro atoms. The number of piperazine rings is 1. The predicted octanol–water partition coefficient (Wildman–Crippen LogP) is 2.46. The average molecular weight is 444 g/mol. The van der Waals surface area contributed by atoms with E-state index in [0.29, 0.717) is 11.6 Å². The number of pyridine rings is 1. The van der Waals surface area contributed by atoms with Crippen molar-refractivity contribution in [1.82, 2.24) is 19.9 Å². The molecule has 1 saturated heterocycles. The summed E-state index contributed by atoms with van der Waals surface area (Å²) < 4.78 is 0. The Bertz CT molecular complexity index is 1210. The number of amides is 1. The Kier molecular flexibility index (Phi) is 4.83. The number of fused-ring (bicyclic) bond motifs is 3. The van der Waals surface area contributed by atoms with Crippen LogP contribution in [0.2, 0.25) is 0 Å². The molecule has 1 saturated carbocycles. The Morgan fingerprint density at radius 1 is 1.09 bits per heavy atom. The van der Waals surface area contributed by atoms with Crippen LogP contribution in [0.3, 0.4) is 0 Å². The first-order valence-corrected chi connectivity index (χ1v) is 11.7. The molecule has 3 aromatic rings. The smallest absolute Gasteiger partial charge is 0.223 e. The van der Waals surface area contributed by atoms with Gasteiger partial charge in [-0.15, -0.1) is 0 Å². The number of aromatic nitrogens is 3. The van der Waals surface area contributed by atoms with E-state index in [2.05, 4.69) is 68.5 Å². The Balaban J connectivity index is 1.26. The zero-order chi connectivity index (χ0) is 22.5. The van der Waals surface area contributed by atoms with Gasteiger partial charge in [0, 0.05) is 49.7 Å². The van der Waals surface area contributed by atoms with Crippen molar-refractivity contribution in [3.8, 4) is 11.4 Å². The van der Waals surface area contributed by atoms with Crippen molar-refractivity contribution in [2.45, 2.75) is 12.5 Å². The topological polar surface area (TPSA) is 103 Å². The van der Waals surface area contributed by atoms with Gasteiger partial charge in [0.2, 0.25) is 5.91 Å². The summed E-state index contributed by atoms with van der Waals surface area (Å²) in [5.41, 5.74) is 10.4. The van der Waals surface area contributed by atoms with Crippen molar-refractivity contribution in [3.05, 3.63) is 48.7 Å². The molecule has 1 amide bonds. The number of nitrogens with two attached hydrogens (primary N) is 1. The van der Waals surface area contributed by atoms with E-state index in [1.54, 1.807) is 6.20 Å². The molecule has 2 bridgehead atoms. The molecule has 3 heterocycles. The van der Waals surface area contributed by atoms with Crippen molar-refractivity contribution in [2.24, 2.45) is 23.5 Å². The van der Waals surface area contributed by atoms with Gasteiger partial charge in [-0.3, -0.25) is 4.79 Å². The Labute approximate surface area is 192 Å². The molecule has 2 fully saturated rings. The second kappa shape index (κ2) is 7.88. The van der Waals surface area contributed by atoms with Gasteiger partial charge >= 0.3 is 0 Å². The summed E-state index contributed by atoms with van der Waals surface area (Å²) in [6.07, 6.45) is 7.09. The highest BCUT2D eigenvalue weighted by molar-refractivity contribution is 5.88. The van der Waals surface area contributed by atoms with E-state index in [4.69, 9.17) is 10.7 Å². The standard InChI is InChI=1S/C25H29N7O/c1-31-10-12-32(13-11-31)18-6-4-15(5-7-18)24-29-22-19(8-9-27-25(22)30-24)28-21-17-3-2-16(14-17)20(21)23(26)33/h2-9,16-17,20-21H,10-14H2,1H3,(H2,26,33)(H2,27,28,29,30)/t16-,17-,20+,21-/m1/s1. The molecular weight excluding hydrogens is 414 g/mol. The molecule has 170 valence electrons. The number of rotatable bonds is 5. The molecule has 0 radical (unpaired) electrons. The summed E-state index contributed by atoms with van der Waals surface area (Å²) in [4.78, 5) is 29.6. The van der Waals surface area contributed by atoms with Gasteiger partial charge in [-0.2, -0.15) is 0 Å². The molecule has 4 N–H and O–H groups in total. The quantitative estimate of drug-likeness (QED) is 0.524. The first kappa shape index (κ1) is 20.2. The molecule has 4 atom stereocenters. The van der Waals surface area contributed by atoms with E-state index >= 15 is 0 Å². The zero-order valence-electron chi connectivity index (χ0n) is 18.7. The van der Waals surface area contributed by atoms with Crippen molar-refractivity contribution in [2.75, 3.05) is 43.4 Å². The minimum atomic E-state index is -0.236. The number of aromatic amines is 1. The van der Waals surface area contributed by atoms with Gasteiger partial charge in [-0.1, -0.05) is 12.2 Å². The second-order valence-corrected chi connectivity index (χ2v) is 9.53. The molecule has 0 unspecified atom stereocenters. The number of imidazole rings is 1. The van der Waals surface area contributed by atoms with Crippen LogP contribution in [0, 0.1) is 17.8 Å². The van der Waals surface area contributed by atoms with E-state index in [1.807, 2.05) is 6.07 Å². The van der Waals surface area contributed by atoms with E-state index in [-0.39, 0.29) is 23.8 Å². The number of carbonyl (C=O) groups excluding carboxylic acids is 1. The molecule has 2 aromatic heterocycles. The van der Waals surface area contributed by atoms with Crippen LogP contribution in [0.5, 0.6) is 0 Å². The number of nitrogens with one attached hydrogen (secondary N) is 2. The van der Waals surface area contributed by atoms with Gasteiger partial charge < -0.3 is 25.8 Å². The lowest BCUT2D eigenvalue weighted by Gasteiger charge is -2.34. The summed E-state index contributed by atoms with van der Waals surface area (Å²) in [7, 11) is 2.17. The minimum absolute atomic E-state index is 0.00211. The number of nitrogens with zero attached hydrogens (tertiary/aromatic N) is 4. The molecule has 6 rings (SSSR count). The second-order valence-electron chi connectivity index (χ2n) is 9.53. The molecule has 1 aromatic carbocycles. The molecule has 3 aliphatic rings. The van der Waals surface area contributed by atoms with E-state index < -0.39 is 0 Å². The Hall–Kier alpha value is -3.39. The number of H-pyrrole nitrogens is 1. The number of carbonyl (C=O) groups is 1. The lowest BCUT2D eigenvalue weighted by Crippen LogP contribution is -2.44. The highest BCUT2D eigenvalue weighted by Gasteiger charge is 2.47. The van der Waals surface area contributed by atoms with Gasteiger partial charge in [0.15, 0.2) is 5.65 Å². The van der Waals surface area contributed by atoms with Gasteiger partial charge in [0.1, 0.15) is 11.3 Å². The number of allylic oxidation sites excluding steroid dienone is 1. The van der Waals surface area contributed by atoms with Gasteiger partial charge in [0.25, 0.3) is 0 Å². The Morgan fingerprint density at radius 3 is 2.61 bits per heavy atom. The highest BCUT2D eigenvalue weighted by Crippen LogP contribution is 2.45. The first-order valence-electron chi connectivity index (χ1n) is 11.7. The largest absolute Gasteiger partial charge is 0.379 e. The third-order valence-electron chi connectivity index (χ3n) is 7.51. The lowest BCUT2D eigenvalue weighted by molar-refractivity contribution is -0.122. The van der Waals surface area contributed by atoms with Gasteiger partial charge in [-0.05, 0) is 55.6 Å². The maximum atomic E-state index is 12.1. The molecule has 8 nitrogen and oxygen atoms in total. The van der Waals surface area contributed by atoms with Crippen LogP contribution in [0.15, 0.2) is 48.7 Å². The fourth-order valence-electron chi connectivity index (χ4n) is 5.65. The van der Waals surface area contributed by atoms with Crippen LogP contribution >= 0.6 is 0 Å². The number of hydrogen-bond acceptors (Lipinski definition) is 6. The molecule has 33 heavy (non-hydrogen) atoms. The monoisotopic (exact) mass is 443 g/mol. The summed E-state index contributed by atoms with van der Waals surface area (Å²) >= 11 is 0. The van der Waals surface area contributed by atoms with Crippen LogP contribution in [-0.4, -0.2) is 65.0 Å². The SMILES string of the molecule is CN1CCN(c2ccc(-c3nc4nccc(N[C@H]5[C@@H](C(N)=O)[C@@H]6C=C[C@@H]5C6)c4[nH]3)cc2)CC1. The third kappa shape index (κ3) is 3.54. The lowest BCUT2D eigenvalue weighted by atomic mass is 9.88. The number of likely N-dealkylation sites (N-methyl/N-ethyl adjacent to an activating group) is 1. The van der Waals surface area contributed by atoms with E-state index in [1.165, 1.54) is 5.69 Å². The van der Waals surface area contributed by atoms with Crippen LogP contribution in [0.1, 0.15) is 6.42 Å². The number of primary amides is 1. The van der Waals surface area contributed by atoms with Crippen LogP contribution < -0.4 is 16.0 Å².